The van der Waals surface area contributed by atoms with Crippen LogP contribution in [0.15, 0.2) is 12.4 Å². The topological polar surface area (TPSA) is 29.9 Å². The Bertz CT molecular complexity index is 337. The molecule has 4 heteroatoms. The lowest BCUT2D eigenvalue weighted by molar-refractivity contribution is 0.350. The molecule has 1 aliphatic carbocycles. The quantitative estimate of drug-likeness (QED) is 0.647. The van der Waals surface area contributed by atoms with Gasteiger partial charge < -0.3 is 5.32 Å². The van der Waals surface area contributed by atoms with Crippen molar-refractivity contribution in [1.82, 2.24) is 15.1 Å². The third-order valence-electron chi connectivity index (χ3n) is 3.57. The van der Waals surface area contributed by atoms with Crippen molar-refractivity contribution in [3.8, 4) is 0 Å². The summed E-state index contributed by atoms with van der Waals surface area (Å²) in [6.07, 6.45) is 10.2. The molecule has 1 aromatic heterocycles. The SMILES string of the molecule is Cn1cc(CCNCC2CCCCC2Cl)cn1. The number of alkyl halides is 1. The van der Waals surface area contributed by atoms with Gasteiger partial charge >= 0.3 is 0 Å². The fourth-order valence-electron chi connectivity index (χ4n) is 2.51. The molecule has 1 fully saturated rings. The van der Waals surface area contributed by atoms with Gasteiger partial charge in [-0.05, 0) is 43.8 Å². The van der Waals surface area contributed by atoms with Gasteiger partial charge in [-0.2, -0.15) is 5.10 Å². The Morgan fingerprint density at radius 2 is 2.29 bits per heavy atom. The maximum absolute atomic E-state index is 6.33. The van der Waals surface area contributed by atoms with Crippen LogP contribution >= 0.6 is 11.6 Å². The average Bonchev–Trinajstić information content (AvgIpc) is 2.73. The highest BCUT2D eigenvalue weighted by molar-refractivity contribution is 6.20. The van der Waals surface area contributed by atoms with Crippen molar-refractivity contribution >= 4 is 11.6 Å². The molecule has 2 rings (SSSR count). The van der Waals surface area contributed by atoms with Crippen LogP contribution in [0, 0.1) is 5.92 Å². The molecular weight excluding hydrogens is 234 g/mol. The molecule has 1 aliphatic rings. The van der Waals surface area contributed by atoms with Gasteiger partial charge in [-0.3, -0.25) is 4.68 Å². The van der Waals surface area contributed by atoms with E-state index >= 15 is 0 Å². The van der Waals surface area contributed by atoms with Crippen molar-refractivity contribution in [3.63, 3.8) is 0 Å². The Labute approximate surface area is 109 Å². The number of nitrogens with one attached hydrogen (secondary N) is 1. The molecule has 0 radical (unpaired) electrons. The summed E-state index contributed by atoms with van der Waals surface area (Å²) >= 11 is 6.33. The van der Waals surface area contributed by atoms with E-state index in [1.54, 1.807) is 0 Å². The summed E-state index contributed by atoms with van der Waals surface area (Å²) < 4.78 is 1.85. The standard InChI is InChI=1S/C13H22ClN3/c1-17-10-11(8-16-17)6-7-15-9-12-4-2-3-5-13(12)14/h8,10,12-13,15H,2-7,9H2,1H3. The Kier molecular flexibility index (Phi) is 4.86. The second-order valence-electron chi connectivity index (χ2n) is 5.04. The van der Waals surface area contributed by atoms with Crippen molar-refractivity contribution in [3.05, 3.63) is 18.0 Å². The maximum atomic E-state index is 6.33. The first kappa shape index (κ1) is 12.9. The lowest BCUT2D eigenvalue weighted by Gasteiger charge is -2.27. The van der Waals surface area contributed by atoms with Gasteiger partial charge in [-0.15, -0.1) is 11.6 Å². The summed E-state index contributed by atoms with van der Waals surface area (Å²) in [4.78, 5) is 0. The van der Waals surface area contributed by atoms with Crippen LogP contribution < -0.4 is 5.32 Å². The number of halogens is 1. The molecule has 1 aromatic rings. The molecule has 96 valence electrons. The van der Waals surface area contributed by atoms with Gasteiger partial charge in [0.15, 0.2) is 0 Å². The summed E-state index contributed by atoms with van der Waals surface area (Å²) in [6, 6.07) is 0. The van der Waals surface area contributed by atoms with Gasteiger partial charge in [0, 0.05) is 18.6 Å². The average molecular weight is 256 g/mol. The van der Waals surface area contributed by atoms with Crippen LogP contribution in [-0.2, 0) is 13.5 Å². The molecule has 0 amide bonds. The second-order valence-corrected chi connectivity index (χ2v) is 5.60. The zero-order valence-electron chi connectivity index (χ0n) is 10.5. The molecule has 0 bridgehead atoms. The van der Waals surface area contributed by atoms with E-state index in [4.69, 9.17) is 11.6 Å². The van der Waals surface area contributed by atoms with Gasteiger partial charge in [0.1, 0.15) is 0 Å². The Morgan fingerprint density at radius 1 is 1.47 bits per heavy atom. The fraction of sp³-hybridized carbons (Fsp3) is 0.769. The molecule has 1 heterocycles. The van der Waals surface area contributed by atoms with Gasteiger partial charge in [0.05, 0.1) is 6.20 Å². The summed E-state index contributed by atoms with van der Waals surface area (Å²) in [5, 5.41) is 8.07. The predicted molar refractivity (Wildman–Crippen MR) is 71.4 cm³/mol. The van der Waals surface area contributed by atoms with E-state index < -0.39 is 0 Å². The molecule has 0 aromatic carbocycles. The number of nitrogens with zero attached hydrogens (tertiary/aromatic N) is 2. The number of rotatable bonds is 5. The summed E-state index contributed by atoms with van der Waals surface area (Å²) in [7, 11) is 1.96. The van der Waals surface area contributed by atoms with Gasteiger partial charge in [0.25, 0.3) is 0 Å². The van der Waals surface area contributed by atoms with Crippen molar-refractivity contribution in [2.75, 3.05) is 13.1 Å². The molecule has 0 saturated heterocycles. The first-order valence-corrected chi connectivity index (χ1v) is 7.01. The highest BCUT2D eigenvalue weighted by Crippen LogP contribution is 2.27. The fourth-order valence-corrected chi connectivity index (χ4v) is 2.88. The van der Waals surface area contributed by atoms with Crippen LogP contribution in [0.1, 0.15) is 31.2 Å². The molecule has 1 N–H and O–H groups in total. The number of hydrogen-bond donors (Lipinski definition) is 1. The van der Waals surface area contributed by atoms with Crippen molar-refractivity contribution in [2.24, 2.45) is 13.0 Å². The Balaban J connectivity index is 1.62. The smallest absolute Gasteiger partial charge is 0.0522 e. The molecule has 17 heavy (non-hydrogen) atoms. The van der Waals surface area contributed by atoms with Gasteiger partial charge in [-0.1, -0.05) is 12.8 Å². The molecule has 3 nitrogen and oxygen atoms in total. The van der Waals surface area contributed by atoms with E-state index in [1.807, 2.05) is 17.9 Å². The minimum atomic E-state index is 0.384. The van der Waals surface area contributed by atoms with Crippen molar-refractivity contribution in [1.29, 1.82) is 0 Å². The van der Waals surface area contributed by atoms with Crippen molar-refractivity contribution in [2.45, 2.75) is 37.5 Å². The first-order chi connectivity index (χ1) is 8.25. The number of aryl methyl sites for hydroxylation is 1. The molecule has 0 spiro atoms. The zero-order valence-corrected chi connectivity index (χ0v) is 11.3. The van der Waals surface area contributed by atoms with Crippen LogP contribution in [0.5, 0.6) is 0 Å². The van der Waals surface area contributed by atoms with Crippen molar-refractivity contribution < 1.29 is 0 Å². The molecule has 2 atom stereocenters. The van der Waals surface area contributed by atoms with E-state index in [-0.39, 0.29) is 0 Å². The van der Waals surface area contributed by atoms with Crippen LogP contribution in [0.25, 0.3) is 0 Å². The lowest BCUT2D eigenvalue weighted by Crippen LogP contribution is -2.32. The third-order valence-corrected chi connectivity index (χ3v) is 4.15. The Morgan fingerprint density at radius 3 is 3.00 bits per heavy atom. The lowest BCUT2D eigenvalue weighted by atomic mass is 9.89. The summed E-state index contributed by atoms with van der Waals surface area (Å²) in [5.74, 6) is 0.666. The minimum Gasteiger partial charge on any atom is -0.316 e. The van der Waals surface area contributed by atoms with E-state index in [9.17, 15) is 0 Å². The maximum Gasteiger partial charge on any atom is 0.0522 e. The van der Waals surface area contributed by atoms with Crippen LogP contribution in [0.2, 0.25) is 0 Å². The van der Waals surface area contributed by atoms with Gasteiger partial charge in [-0.25, -0.2) is 0 Å². The number of aromatic nitrogens is 2. The molecule has 1 saturated carbocycles. The van der Waals surface area contributed by atoms with E-state index in [2.05, 4.69) is 16.6 Å². The zero-order chi connectivity index (χ0) is 12.1. The van der Waals surface area contributed by atoms with E-state index in [1.165, 1.54) is 31.2 Å². The summed E-state index contributed by atoms with van der Waals surface area (Å²) in [6.45, 7) is 2.08. The molecule has 0 aliphatic heterocycles. The van der Waals surface area contributed by atoms with Crippen LogP contribution in [0.4, 0.5) is 0 Å². The Hall–Kier alpha value is -0.540. The normalized spacial score (nSPS) is 25.1. The monoisotopic (exact) mass is 255 g/mol. The third kappa shape index (κ3) is 4.00. The first-order valence-electron chi connectivity index (χ1n) is 6.58. The predicted octanol–water partition coefficient (Wildman–Crippen LogP) is 2.35. The van der Waals surface area contributed by atoms with Crippen LogP contribution in [-0.4, -0.2) is 28.2 Å². The summed E-state index contributed by atoms with van der Waals surface area (Å²) in [5.41, 5.74) is 1.30. The molecule has 2 unspecified atom stereocenters. The van der Waals surface area contributed by atoms with Crippen LogP contribution in [0.3, 0.4) is 0 Å². The highest BCUT2D eigenvalue weighted by Gasteiger charge is 2.22. The second kappa shape index (κ2) is 6.41. The largest absolute Gasteiger partial charge is 0.316 e. The number of hydrogen-bond acceptors (Lipinski definition) is 2. The minimum absolute atomic E-state index is 0.384. The van der Waals surface area contributed by atoms with E-state index in [0.717, 1.165) is 19.5 Å². The van der Waals surface area contributed by atoms with E-state index in [0.29, 0.717) is 11.3 Å². The highest BCUT2D eigenvalue weighted by atomic mass is 35.5. The van der Waals surface area contributed by atoms with Gasteiger partial charge in [0.2, 0.25) is 0 Å². The molecular formula is C13H22ClN3.